The van der Waals surface area contributed by atoms with Crippen LogP contribution in [0.25, 0.3) is 0 Å². The number of aromatic nitrogens is 4. The van der Waals surface area contributed by atoms with E-state index in [9.17, 15) is 9.59 Å². The standard InChI is InChI=1S/C11H10N4O.C4H6N4O/c12-10(16)9-11(15-7-14-9)13-6-8-4-2-1-3-5-8;5-3-2(4(6)9)7-1-8-3/h1-7H,(H2,12,16)(H,14,15);1H,5H2,(H2,6,9)(H,7,8). The van der Waals surface area contributed by atoms with Crippen molar-refractivity contribution >= 4 is 29.7 Å². The monoisotopic (exact) mass is 340 g/mol. The van der Waals surface area contributed by atoms with Crippen LogP contribution < -0.4 is 17.2 Å². The third-order valence-electron chi connectivity index (χ3n) is 2.92. The van der Waals surface area contributed by atoms with E-state index in [2.05, 4.69) is 24.9 Å². The summed E-state index contributed by atoms with van der Waals surface area (Å²) in [5, 5.41) is 0. The number of nitrogens with zero attached hydrogens (tertiary/aromatic N) is 3. The van der Waals surface area contributed by atoms with Crippen molar-refractivity contribution in [2.24, 2.45) is 16.5 Å². The van der Waals surface area contributed by atoms with Crippen molar-refractivity contribution in [2.45, 2.75) is 0 Å². The summed E-state index contributed by atoms with van der Waals surface area (Å²) in [6, 6.07) is 9.53. The van der Waals surface area contributed by atoms with Crippen molar-refractivity contribution < 1.29 is 9.59 Å². The van der Waals surface area contributed by atoms with Crippen LogP contribution in [0.3, 0.4) is 0 Å². The number of H-pyrrole nitrogens is 2. The lowest BCUT2D eigenvalue weighted by atomic mass is 10.2. The zero-order valence-corrected chi connectivity index (χ0v) is 13.0. The normalized spacial score (nSPS) is 10.2. The van der Waals surface area contributed by atoms with E-state index in [1.54, 1.807) is 6.21 Å². The highest BCUT2D eigenvalue weighted by molar-refractivity contribution is 5.96. The van der Waals surface area contributed by atoms with E-state index < -0.39 is 11.8 Å². The third kappa shape index (κ3) is 4.76. The first-order chi connectivity index (χ1) is 12.0. The number of aliphatic imine (C=N–C) groups is 1. The number of aromatic amines is 2. The maximum Gasteiger partial charge on any atom is 0.269 e. The van der Waals surface area contributed by atoms with Gasteiger partial charge in [0.25, 0.3) is 11.8 Å². The Morgan fingerprint density at radius 3 is 2.08 bits per heavy atom. The average Bonchev–Trinajstić information content (AvgIpc) is 3.23. The summed E-state index contributed by atoms with van der Waals surface area (Å²) < 4.78 is 0. The molecule has 10 nitrogen and oxygen atoms in total. The van der Waals surface area contributed by atoms with Crippen molar-refractivity contribution in [3.63, 3.8) is 0 Å². The average molecular weight is 340 g/mol. The van der Waals surface area contributed by atoms with Crippen molar-refractivity contribution in [3.05, 3.63) is 59.9 Å². The van der Waals surface area contributed by atoms with Gasteiger partial charge in [-0.15, -0.1) is 0 Å². The van der Waals surface area contributed by atoms with Gasteiger partial charge in [-0.1, -0.05) is 30.3 Å². The van der Waals surface area contributed by atoms with Crippen molar-refractivity contribution in [1.82, 2.24) is 19.9 Å². The minimum Gasteiger partial charge on any atom is -0.382 e. The number of rotatable bonds is 4. The highest BCUT2D eigenvalue weighted by atomic mass is 16.1. The molecule has 0 radical (unpaired) electrons. The molecule has 0 aliphatic heterocycles. The Morgan fingerprint density at radius 2 is 1.56 bits per heavy atom. The number of amides is 2. The molecule has 0 saturated heterocycles. The molecule has 10 heteroatoms. The van der Waals surface area contributed by atoms with E-state index >= 15 is 0 Å². The van der Waals surface area contributed by atoms with Crippen LogP contribution in [0.5, 0.6) is 0 Å². The van der Waals surface area contributed by atoms with E-state index in [0.29, 0.717) is 5.82 Å². The smallest absolute Gasteiger partial charge is 0.269 e. The van der Waals surface area contributed by atoms with E-state index in [1.807, 2.05) is 30.3 Å². The molecule has 2 aromatic heterocycles. The zero-order valence-electron chi connectivity index (χ0n) is 13.0. The lowest BCUT2D eigenvalue weighted by Gasteiger charge is -1.92. The first-order valence-electron chi connectivity index (χ1n) is 7.00. The topological polar surface area (TPSA) is 182 Å². The summed E-state index contributed by atoms with van der Waals surface area (Å²) in [7, 11) is 0. The van der Waals surface area contributed by atoms with Gasteiger partial charge in [-0.05, 0) is 5.56 Å². The zero-order chi connectivity index (χ0) is 18.2. The van der Waals surface area contributed by atoms with Crippen LogP contribution in [-0.2, 0) is 0 Å². The number of benzene rings is 1. The number of nitrogens with two attached hydrogens (primary N) is 3. The molecule has 128 valence electrons. The van der Waals surface area contributed by atoms with Gasteiger partial charge in [0, 0.05) is 6.21 Å². The Morgan fingerprint density at radius 1 is 0.960 bits per heavy atom. The molecule has 3 aromatic rings. The van der Waals surface area contributed by atoms with Crippen molar-refractivity contribution in [3.8, 4) is 0 Å². The summed E-state index contributed by atoms with van der Waals surface area (Å²) in [4.78, 5) is 38.0. The highest BCUT2D eigenvalue weighted by Crippen LogP contribution is 2.12. The van der Waals surface area contributed by atoms with Gasteiger partial charge in [0.2, 0.25) is 0 Å². The summed E-state index contributed by atoms with van der Waals surface area (Å²) >= 11 is 0. The van der Waals surface area contributed by atoms with Gasteiger partial charge in [0.15, 0.2) is 17.3 Å². The number of carbonyl (C=O) groups is 2. The minimum atomic E-state index is -0.593. The number of anilines is 1. The molecule has 1 aromatic carbocycles. The summed E-state index contributed by atoms with van der Waals surface area (Å²) in [6.07, 6.45) is 4.33. The predicted molar refractivity (Wildman–Crippen MR) is 92.3 cm³/mol. The van der Waals surface area contributed by atoms with Crippen LogP contribution >= 0.6 is 0 Å². The summed E-state index contributed by atoms with van der Waals surface area (Å²) in [6.45, 7) is 0. The third-order valence-corrected chi connectivity index (χ3v) is 2.92. The molecule has 0 aliphatic rings. The molecule has 25 heavy (non-hydrogen) atoms. The Bertz CT molecular complexity index is 882. The molecule has 2 amide bonds. The second-order valence-electron chi connectivity index (χ2n) is 4.66. The fraction of sp³-hybridized carbons (Fsp3) is 0. The fourth-order valence-corrected chi connectivity index (χ4v) is 1.74. The molecule has 0 spiro atoms. The van der Waals surface area contributed by atoms with Gasteiger partial charge < -0.3 is 27.2 Å². The van der Waals surface area contributed by atoms with Crippen LogP contribution in [0.15, 0.2) is 48.0 Å². The minimum absolute atomic E-state index is 0.141. The van der Waals surface area contributed by atoms with Crippen molar-refractivity contribution in [2.75, 3.05) is 5.73 Å². The molecule has 3 rings (SSSR count). The number of primary amides is 2. The summed E-state index contributed by atoms with van der Waals surface area (Å²) in [5.41, 5.74) is 16.5. The van der Waals surface area contributed by atoms with E-state index in [0.717, 1.165) is 5.56 Å². The first kappa shape index (κ1) is 17.4. The number of nitrogen functional groups attached to an aromatic ring is 1. The fourth-order valence-electron chi connectivity index (χ4n) is 1.74. The molecule has 2 heterocycles. The SMILES string of the molecule is NC(=O)c1[nH]cnc1N.NC(=O)c1[nH]cnc1N=Cc1ccccc1. The van der Waals surface area contributed by atoms with Gasteiger partial charge >= 0.3 is 0 Å². The number of carbonyl (C=O) groups excluding carboxylic acids is 2. The van der Waals surface area contributed by atoms with Gasteiger partial charge in [0.1, 0.15) is 5.69 Å². The molecule has 0 saturated carbocycles. The van der Waals surface area contributed by atoms with Crippen LogP contribution in [0.4, 0.5) is 11.6 Å². The van der Waals surface area contributed by atoms with Crippen LogP contribution in [0, 0.1) is 0 Å². The maximum absolute atomic E-state index is 11.0. The van der Waals surface area contributed by atoms with E-state index in [-0.39, 0.29) is 17.2 Å². The second-order valence-corrected chi connectivity index (χ2v) is 4.66. The van der Waals surface area contributed by atoms with E-state index in [1.165, 1.54) is 12.7 Å². The first-order valence-corrected chi connectivity index (χ1v) is 7.00. The number of hydrogen-bond donors (Lipinski definition) is 5. The maximum atomic E-state index is 11.0. The van der Waals surface area contributed by atoms with Gasteiger partial charge in [-0.2, -0.15) is 0 Å². The van der Waals surface area contributed by atoms with Crippen molar-refractivity contribution in [1.29, 1.82) is 0 Å². The second kappa shape index (κ2) is 8.06. The number of hydrogen-bond acceptors (Lipinski definition) is 6. The Labute approximate surface area is 142 Å². The molecule has 0 fully saturated rings. The molecular formula is C15H16N8O2. The van der Waals surface area contributed by atoms with Crippen LogP contribution in [0.1, 0.15) is 26.5 Å². The molecule has 0 aliphatic carbocycles. The van der Waals surface area contributed by atoms with Gasteiger partial charge in [-0.3, -0.25) is 9.59 Å². The summed E-state index contributed by atoms with van der Waals surface area (Å²) in [5.74, 6) is -0.721. The number of imidazole rings is 2. The van der Waals surface area contributed by atoms with Gasteiger partial charge in [0.05, 0.1) is 12.7 Å². The Balaban J connectivity index is 0.000000212. The quantitative estimate of drug-likeness (QED) is 0.429. The van der Waals surface area contributed by atoms with Crippen LogP contribution in [-0.4, -0.2) is 38.0 Å². The molecular weight excluding hydrogens is 324 g/mol. The van der Waals surface area contributed by atoms with Crippen LogP contribution in [0.2, 0.25) is 0 Å². The lowest BCUT2D eigenvalue weighted by molar-refractivity contribution is 0.0988. The molecule has 0 bridgehead atoms. The molecule has 0 unspecified atom stereocenters. The van der Waals surface area contributed by atoms with Gasteiger partial charge in [-0.25, -0.2) is 15.0 Å². The predicted octanol–water partition coefficient (Wildman–Crippen LogP) is 0.350. The molecule has 0 atom stereocenters. The Kier molecular flexibility index (Phi) is 5.61. The number of nitrogens with one attached hydrogen (secondary N) is 2. The highest BCUT2D eigenvalue weighted by Gasteiger charge is 2.08. The van der Waals surface area contributed by atoms with E-state index in [4.69, 9.17) is 17.2 Å². The largest absolute Gasteiger partial charge is 0.382 e. The molecule has 8 N–H and O–H groups in total. The lowest BCUT2D eigenvalue weighted by Crippen LogP contribution is -2.13. The Hall–Kier alpha value is -3.95.